The lowest BCUT2D eigenvalue weighted by Gasteiger charge is -2.22. The quantitative estimate of drug-likeness (QED) is 0.852. The molecule has 1 unspecified atom stereocenters. The van der Waals surface area contributed by atoms with Crippen LogP contribution in [0.2, 0.25) is 0 Å². The molecule has 1 aliphatic rings. The molecular formula is C15H18N2O2S2. The van der Waals surface area contributed by atoms with E-state index in [1.807, 2.05) is 18.2 Å². The number of nitrogens with two attached hydrogens (primary N) is 1. The molecule has 3 rings (SSSR count). The number of fused-ring (bicyclic) bond motifs is 1. The second-order valence-electron chi connectivity index (χ2n) is 5.23. The summed E-state index contributed by atoms with van der Waals surface area (Å²) < 4.78 is 28.2. The van der Waals surface area contributed by atoms with Crippen molar-refractivity contribution in [1.82, 2.24) is 4.72 Å². The highest BCUT2D eigenvalue weighted by molar-refractivity contribution is 7.99. The minimum atomic E-state index is -3.52. The van der Waals surface area contributed by atoms with Crippen molar-refractivity contribution in [2.24, 2.45) is 0 Å². The van der Waals surface area contributed by atoms with Crippen LogP contribution >= 0.6 is 11.8 Å². The maximum absolute atomic E-state index is 12.7. The highest BCUT2D eigenvalue weighted by Crippen LogP contribution is 2.28. The van der Waals surface area contributed by atoms with E-state index in [1.54, 1.807) is 30.0 Å². The minimum absolute atomic E-state index is 0.0186. The number of hydrogen-bond donors (Lipinski definition) is 2. The molecule has 1 saturated heterocycles. The fourth-order valence-electron chi connectivity index (χ4n) is 2.65. The van der Waals surface area contributed by atoms with E-state index in [2.05, 4.69) is 4.72 Å². The Kier molecular flexibility index (Phi) is 4.10. The van der Waals surface area contributed by atoms with Crippen LogP contribution in [-0.2, 0) is 10.0 Å². The molecule has 0 amide bonds. The zero-order valence-corrected chi connectivity index (χ0v) is 13.2. The van der Waals surface area contributed by atoms with E-state index in [-0.39, 0.29) is 6.04 Å². The lowest BCUT2D eigenvalue weighted by Crippen LogP contribution is -2.38. The van der Waals surface area contributed by atoms with Gasteiger partial charge in [0.25, 0.3) is 0 Å². The molecule has 4 nitrogen and oxygen atoms in total. The Morgan fingerprint density at radius 3 is 2.62 bits per heavy atom. The molecule has 0 saturated carbocycles. The normalized spacial score (nSPS) is 19.7. The second-order valence-corrected chi connectivity index (χ2v) is 8.07. The number of thioether (sulfide) groups is 1. The monoisotopic (exact) mass is 322 g/mol. The number of nitrogen functional groups attached to an aromatic ring is 1. The molecule has 0 spiro atoms. The summed E-state index contributed by atoms with van der Waals surface area (Å²) in [6, 6.07) is 10.6. The lowest BCUT2D eigenvalue weighted by atomic mass is 10.1. The summed E-state index contributed by atoms with van der Waals surface area (Å²) in [4.78, 5) is 0.308. The number of benzene rings is 2. The third kappa shape index (κ3) is 3.02. The molecule has 1 atom stereocenters. The first kappa shape index (κ1) is 14.7. The van der Waals surface area contributed by atoms with Crippen LogP contribution in [0.3, 0.4) is 0 Å². The number of sulfonamides is 1. The van der Waals surface area contributed by atoms with Gasteiger partial charge in [-0.05, 0) is 30.7 Å². The van der Waals surface area contributed by atoms with Crippen molar-refractivity contribution in [3.05, 3.63) is 36.4 Å². The Labute approximate surface area is 129 Å². The predicted octanol–water partition coefficient (Wildman–Crippen LogP) is 2.60. The zero-order chi connectivity index (χ0) is 14.9. The Morgan fingerprint density at radius 2 is 1.90 bits per heavy atom. The molecular weight excluding hydrogens is 304 g/mol. The molecule has 6 heteroatoms. The molecule has 1 heterocycles. The Morgan fingerprint density at radius 1 is 1.14 bits per heavy atom. The Balaban J connectivity index is 2.00. The molecule has 0 aliphatic carbocycles. The molecule has 2 aromatic rings. The van der Waals surface area contributed by atoms with Gasteiger partial charge in [0.2, 0.25) is 10.0 Å². The fourth-order valence-corrected chi connectivity index (χ4v) is 5.30. The highest BCUT2D eigenvalue weighted by Gasteiger charge is 2.23. The lowest BCUT2D eigenvalue weighted by molar-refractivity contribution is 0.544. The first-order valence-electron chi connectivity index (χ1n) is 6.95. The largest absolute Gasteiger partial charge is 0.398 e. The van der Waals surface area contributed by atoms with Gasteiger partial charge in [0.05, 0.1) is 4.90 Å². The summed E-state index contributed by atoms with van der Waals surface area (Å²) in [6.45, 7) is 0. The summed E-state index contributed by atoms with van der Waals surface area (Å²) in [5.41, 5.74) is 6.53. The van der Waals surface area contributed by atoms with Crippen molar-refractivity contribution < 1.29 is 8.42 Å². The second kappa shape index (κ2) is 5.87. The van der Waals surface area contributed by atoms with Crippen molar-refractivity contribution >= 4 is 38.2 Å². The maximum Gasteiger partial charge on any atom is 0.241 e. The molecule has 3 N–H and O–H groups in total. The molecule has 112 valence electrons. The van der Waals surface area contributed by atoms with Crippen molar-refractivity contribution in [2.45, 2.75) is 23.8 Å². The fraction of sp³-hybridized carbons (Fsp3) is 0.333. The van der Waals surface area contributed by atoms with Gasteiger partial charge in [-0.25, -0.2) is 13.1 Å². The number of hydrogen-bond acceptors (Lipinski definition) is 4. The van der Waals surface area contributed by atoms with Crippen LogP contribution in [0.4, 0.5) is 5.69 Å². The Bertz CT molecular complexity index is 753. The molecule has 0 radical (unpaired) electrons. The zero-order valence-electron chi connectivity index (χ0n) is 11.6. The highest BCUT2D eigenvalue weighted by atomic mass is 32.2. The topological polar surface area (TPSA) is 72.2 Å². The summed E-state index contributed by atoms with van der Waals surface area (Å²) in [5, 5.41) is 1.45. The van der Waals surface area contributed by atoms with E-state index in [0.717, 1.165) is 29.7 Å². The van der Waals surface area contributed by atoms with Crippen molar-refractivity contribution in [3.63, 3.8) is 0 Å². The minimum Gasteiger partial charge on any atom is -0.398 e. The van der Waals surface area contributed by atoms with Crippen LogP contribution in [0.25, 0.3) is 10.8 Å². The van der Waals surface area contributed by atoms with Crippen LogP contribution in [0.1, 0.15) is 12.8 Å². The summed E-state index contributed by atoms with van der Waals surface area (Å²) in [5.74, 6) is 1.95. The molecule has 1 aliphatic heterocycles. The van der Waals surface area contributed by atoms with E-state index in [9.17, 15) is 8.42 Å². The standard InChI is InChI=1S/C15H18N2O2S2/c16-14-7-8-15(13-6-2-1-5-12(13)14)21(18,19)17-11-4-3-9-20-10-11/h1-2,5-8,11,17H,3-4,9-10,16H2. The van der Waals surface area contributed by atoms with Crippen molar-refractivity contribution in [2.75, 3.05) is 17.2 Å². The van der Waals surface area contributed by atoms with Crippen LogP contribution in [0.15, 0.2) is 41.3 Å². The summed E-state index contributed by atoms with van der Waals surface area (Å²) in [6.07, 6.45) is 1.96. The van der Waals surface area contributed by atoms with Crippen LogP contribution in [0, 0.1) is 0 Å². The molecule has 0 aromatic heterocycles. The van der Waals surface area contributed by atoms with Gasteiger partial charge >= 0.3 is 0 Å². The van der Waals surface area contributed by atoms with Gasteiger partial charge < -0.3 is 5.73 Å². The number of nitrogens with one attached hydrogen (secondary N) is 1. The van der Waals surface area contributed by atoms with E-state index >= 15 is 0 Å². The van der Waals surface area contributed by atoms with Crippen LogP contribution < -0.4 is 10.5 Å². The molecule has 0 bridgehead atoms. The predicted molar refractivity (Wildman–Crippen MR) is 89.0 cm³/mol. The van der Waals surface area contributed by atoms with Gasteiger partial charge in [-0.3, -0.25) is 0 Å². The molecule has 2 aromatic carbocycles. The van der Waals surface area contributed by atoms with E-state index in [0.29, 0.717) is 16.0 Å². The Hall–Kier alpha value is -1.24. The van der Waals surface area contributed by atoms with E-state index in [4.69, 9.17) is 5.73 Å². The van der Waals surface area contributed by atoms with Gasteiger partial charge in [-0.1, -0.05) is 24.3 Å². The molecule has 1 fully saturated rings. The van der Waals surface area contributed by atoms with Gasteiger partial charge in [-0.2, -0.15) is 11.8 Å². The van der Waals surface area contributed by atoms with E-state index in [1.165, 1.54) is 0 Å². The average molecular weight is 322 g/mol. The van der Waals surface area contributed by atoms with Crippen LogP contribution in [0.5, 0.6) is 0 Å². The first-order valence-corrected chi connectivity index (χ1v) is 9.59. The van der Waals surface area contributed by atoms with Gasteiger partial charge in [0.1, 0.15) is 0 Å². The van der Waals surface area contributed by atoms with Crippen molar-refractivity contribution in [1.29, 1.82) is 0 Å². The number of anilines is 1. The first-order chi connectivity index (χ1) is 10.1. The third-order valence-corrected chi connectivity index (χ3v) is 6.48. The maximum atomic E-state index is 12.7. The van der Waals surface area contributed by atoms with E-state index < -0.39 is 10.0 Å². The van der Waals surface area contributed by atoms with Gasteiger partial charge in [0.15, 0.2) is 0 Å². The number of rotatable bonds is 3. The summed E-state index contributed by atoms with van der Waals surface area (Å²) in [7, 11) is -3.52. The van der Waals surface area contributed by atoms with Gasteiger partial charge in [-0.15, -0.1) is 0 Å². The van der Waals surface area contributed by atoms with Crippen LogP contribution in [-0.4, -0.2) is 26.0 Å². The smallest absolute Gasteiger partial charge is 0.241 e. The van der Waals surface area contributed by atoms with Crippen molar-refractivity contribution in [3.8, 4) is 0 Å². The molecule has 21 heavy (non-hydrogen) atoms. The SMILES string of the molecule is Nc1ccc(S(=O)(=O)NC2CCCSC2)c2ccccc12. The summed E-state index contributed by atoms with van der Waals surface area (Å²) >= 11 is 1.80. The average Bonchev–Trinajstić information content (AvgIpc) is 2.48. The van der Waals surface area contributed by atoms with Gasteiger partial charge in [0, 0.05) is 28.3 Å². The third-order valence-electron chi connectivity index (χ3n) is 3.69.